The highest BCUT2D eigenvalue weighted by Gasteiger charge is 2.41. The molecule has 0 aromatic rings. The Hall–Kier alpha value is -2.58. The largest absolute Gasteiger partial charge is 0.478 e. The van der Waals surface area contributed by atoms with Gasteiger partial charge in [-0.1, -0.05) is 6.08 Å². The van der Waals surface area contributed by atoms with Crippen LogP contribution in [0, 0.1) is 0 Å². The monoisotopic (exact) mass is 429 g/mol. The molecule has 0 rings (SSSR count). The highest BCUT2D eigenvalue weighted by Crippen LogP contribution is 2.22. The number of hydrogen-bond acceptors (Lipinski definition) is 7. The summed E-state index contributed by atoms with van der Waals surface area (Å²) in [6, 6.07) is -1.37. The molecule has 9 nitrogen and oxygen atoms in total. The van der Waals surface area contributed by atoms with Crippen molar-refractivity contribution in [2.75, 3.05) is 0 Å². The summed E-state index contributed by atoms with van der Waals surface area (Å²) in [6.07, 6.45) is 0.138. The van der Waals surface area contributed by atoms with Gasteiger partial charge in [-0.05, 0) is 75.2 Å². The van der Waals surface area contributed by atoms with Gasteiger partial charge in [0.2, 0.25) is 0 Å². The minimum absolute atomic E-state index is 0.0722. The molecule has 30 heavy (non-hydrogen) atoms. The third kappa shape index (κ3) is 12.1. The summed E-state index contributed by atoms with van der Waals surface area (Å²) >= 11 is 0. The molecule has 0 saturated carbocycles. The van der Waals surface area contributed by atoms with Gasteiger partial charge in [0.15, 0.2) is 0 Å². The normalized spacial score (nSPS) is 13.5. The van der Waals surface area contributed by atoms with Crippen molar-refractivity contribution in [3.8, 4) is 0 Å². The second-order valence-electron chi connectivity index (χ2n) is 9.70. The molecule has 0 radical (unpaired) electrons. The van der Waals surface area contributed by atoms with E-state index in [1.165, 1.54) is 6.08 Å². The first-order valence-electron chi connectivity index (χ1n) is 9.70. The summed E-state index contributed by atoms with van der Waals surface area (Å²) in [5, 5.41) is 8.74. The van der Waals surface area contributed by atoms with Crippen molar-refractivity contribution in [2.24, 2.45) is 0 Å². The van der Waals surface area contributed by atoms with E-state index in [0.29, 0.717) is 4.90 Å². The van der Waals surface area contributed by atoms with E-state index in [1.807, 2.05) is 0 Å². The van der Waals surface area contributed by atoms with Crippen LogP contribution in [-0.4, -0.2) is 57.0 Å². The Kier molecular flexibility index (Phi) is 9.55. The number of esters is 1. The fraction of sp³-hybridized carbons (Fsp3) is 0.714. The predicted molar refractivity (Wildman–Crippen MR) is 110 cm³/mol. The molecule has 0 aliphatic carbocycles. The zero-order valence-electron chi connectivity index (χ0n) is 19.4. The molecule has 172 valence electrons. The number of allylic oxidation sites excluding steroid dienone is 1. The van der Waals surface area contributed by atoms with Gasteiger partial charge in [0.05, 0.1) is 0 Å². The minimum atomic E-state index is -1.37. The average Bonchev–Trinajstić information content (AvgIpc) is 2.43. The van der Waals surface area contributed by atoms with E-state index in [1.54, 1.807) is 62.3 Å². The molecule has 1 unspecified atom stereocenters. The molecule has 0 saturated heterocycles. The maximum absolute atomic E-state index is 12.8. The highest BCUT2D eigenvalue weighted by molar-refractivity contribution is 5.94. The molecule has 0 aromatic carbocycles. The summed E-state index contributed by atoms with van der Waals surface area (Å²) in [5.74, 6) is -1.98. The van der Waals surface area contributed by atoms with Crippen LogP contribution >= 0.6 is 0 Å². The summed E-state index contributed by atoms with van der Waals surface area (Å²) in [7, 11) is 0. The number of imide groups is 1. The van der Waals surface area contributed by atoms with Crippen molar-refractivity contribution in [3.63, 3.8) is 0 Å². The molecular formula is C21H35NO8. The first kappa shape index (κ1) is 27.4. The predicted octanol–water partition coefficient (Wildman–Crippen LogP) is 4.29. The zero-order valence-corrected chi connectivity index (χ0v) is 19.4. The highest BCUT2D eigenvalue weighted by atomic mass is 16.6. The first-order chi connectivity index (χ1) is 13.3. The van der Waals surface area contributed by atoms with E-state index in [4.69, 9.17) is 19.3 Å². The van der Waals surface area contributed by atoms with Crippen molar-refractivity contribution in [3.05, 3.63) is 12.2 Å². The van der Waals surface area contributed by atoms with Crippen molar-refractivity contribution in [1.82, 2.24) is 4.90 Å². The fourth-order valence-corrected chi connectivity index (χ4v) is 2.11. The molecule has 1 N–H and O–H groups in total. The molecule has 0 aliphatic rings. The Bertz CT molecular complexity index is 634. The molecule has 9 heteroatoms. The van der Waals surface area contributed by atoms with Crippen LogP contribution in [-0.2, 0) is 23.8 Å². The van der Waals surface area contributed by atoms with Crippen LogP contribution in [0.1, 0.15) is 75.2 Å². The number of carbonyl (C=O) groups excluding carboxylic acids is 3. The number of nitrogens with zero attached hydrogens (tertiary/aromatic N) is 1. The molecule has 0 fully saturated rings. The number of amides is 2. The first-order valence-corrected chi connectivity index (χ1v) is 9.70. The second kappa shape index (κ2) is 10.4. The minimum Gasteiger partial charge on any atom is -0.478 e. The number of ether oxygens (including phenoxy) is 3. The molecule has 0 aliphatic heterocycles. The molecule has 2 amide bonds. The van der Waals surface area contributed by atoms with E-state index < -0.39 is 47.0 Å². The topological polar surface area (TPSA) is 119 Å². The number of carboxylic acids is 1. The third-order valence-corrected chi connectivity index (χ3v) is 3.04. The van der Waals surface area contributed by atoms with Crippen molar-refractivity contribution in [1.29, 1.82) is 0 Å². The SMILES string of the molecule is CC(C)(C)OC(=O)C(CC/C=C/C(=O)O)N(C(=O)OC(C)(C)C)C(=O)OC(C)(C)C. The lowest BCUT2D eigenvalue weighted by atomic mass is 10.1. The summed E-state index contributed by atoms with van der Waals surface area (Å²) in [5.41, 5.74) is -2.74. The van der Waals surface area contributed by atoms with Crippen molar-refractivity contribution >= 4 is 24.1 Å². The molecule has 0 spiro atoms. The maximum atomic E-state index is 12.8. The molecule has 0 aromatic heterocycles. The van der Waals surface area contributed by atoms with Gasteiger partial charge in [-0.25, -0.2) is 19.2 Å². The number of carboxylic acid groups (broad SMARTS) is 1. The van der Waals surface area contributed by atoms with Crippen LogP contribution < -0.4 is 0 Å². The van der Waals surface area contributed by atoms with Crippen molar-refractivity contribution < 1.29 is 38.5 Å². The maximum Gasteiger partial charge on any atom is 0.420 e. The summed E-state index contributed by atoms with van der Waals surface area (Å²) in [6.45, 7) is 14.7. The lowest BCUT2D eigenvalue weighted by Gasteiger charge is -2.33. The average molecular weight is 430 g/mol. The van der Waals surface area contributed by atoms with Gasteiger partial charge < -0.3 is 19.3 Å². The van der Waals surface area contributed by atoms with Crippen LogP contribution in [0.3, 0.4) is 0 Å². The lowest BCUT2D eigenvalue weighted by molar-refractivity contribution is -0.161. The van der Waals surface area contributed by atoms with Gasteiger partial charge in [0, 0.05) is 6.08 Å². The quantitative estimate of drug-likeness (QED) is 0.377. The van der Waals surface area contributed by atoms with E-state index in [9.17, 15) is 19.2 Å². The van der Waals surface area contributed by atoms with E-state index in [-0.39, 0.29) is 12.8 Å². The Morgan fingerprint density at radius 2 is 1.20 bits per heavy atom. The number of rotatable bonds is 6. The van der Waals surface area contributed by atoms with Crippen LogP contribution in [0.25, 0.3) is 0 Å². The van der Waals surface area contributed by atoms with Crippen LogP contribution in [0.2, 0.25) is 0 Å². The summed E-state index contributed by atoms with van der Waals surface area (Å²) < 4.78 is 16.0. The van der Waals surface area contributed by atoms with E-state index in [0.717, 1.165) is 6.08 Å². The van der Waals surface area contributed by atoms with Gasteiger partial charge in [-0.15, -0.1) is 0 Å². The van der Waals surface area contributed by atoms with Gasteiger partial charge in [0.25, 0.3) is 0 Å². The Labute approximate surface area is 178 Å². The molecule has 0 heterocycles. The van der Waals surface area contributed by atoms with E-state index >= 15 is 0 Å². The number of aliphatic carboxylic acids is 1. The Morgan fingerprint density at radius 1 is 0.800 bits per heavy atom. The fourth-order valence-electron chi connectivity index (χ4n) is 2.11. The van der Waals surface area contributed by atoms with Crippen LogP contribution in [0.15, 0.2) is 12.2 Å². The zero-order chi connectivity index (χ0) is 23.9. The summed E-state index contributed by atoms with van der Waals surface area (Å²) in [4.78, 5) is 49.8. The molecule has 1 atom stereocenters. The van der Waals surface area contributed by atoms with Gasteiger partial charge in [-0.3, -0.25) is 0 Å². The Balaban J connectivity index is 6.05. The number of carbonyl (C=O) groups is 4. The number of hydrogen-bond donors (Lipinski definition) is 1. The van der Waals surface area contributed by atoms with Gasteiger partial charge in [0.1, 0.15) is 22.8 Å². The van der Waals surface area contributed by atoms with Crippen LogP contribution in [0.5, 0.6) is 0 Å². The second-order valence-corrected chi connectivity index (χ2v) is 9.70. The Morgan fingerprint density at radius 3 is 1.53 bits per heavy atom. The molecular weight excluding hydrogens is 394 g/mol. The van der Waals surface area contributed by atoms with Crippen molar-refractivity contribution in [2.45, 2.75) is 98.0 Å². The van der Waals surface area contributed by atoms with E-state index in [2.05, 4.69) is 0 Å². The standard InChI is InChI=1S/C21H35NO8/c1-19(2,3)28-16(25)14(12-10-11-13-15(23)24)22(17(26)29-20(4,5)6)18(27)30-21(7,8)9/h11,13-14H,10,12H2,1-9H3,(H,23,24)/b13-11+. The van der Waals surface area contributed by atoms with Crippen LogP contribution in [0.4, 0.5) is 9.59 Å². The third-order valence-electron chi connectivity index (χ3n) is 3.04. The molecule has 0 bridgehead atoms. The van der Waals surface area contributed by atoms with Gasteiger partial charge in [-0.2, -0.15) is 4.90 Å². The lowest BCUT2D eigenvalue weighted by Crippen LogP contribution is -2.53. The smallest absolute Gasteiger partial charge is 0.420 e. The van der Waals surface area contributed by atoms with Gasteiger partial charge >= 0.3 is 24.1 Å².